The van der Waals surface area contributed by atoms with Crippen LogP contribution in [-0.2, 0) is 20.9 Å². The van der Waals surface area contributed by atoms with Gasteiger partial charge in [0.25, 0.3) is 0 Å². The van der Waals surface area contributed by atoms with E-state index in [0.717, 1.165) is 22.7 Å². The molecule has 2 aromatic rings. The van der Waals surface area contributed by atoms with Gasteiger partial charge >= 0.3 is 0 Å². The van der Waals surface area contributed by atoms with Crippen molar-refractivity contribution in [2.24, 2.45) is 0 Å². The minimum Gasteiger partial charge on any atom is -0.391 e. The number of benzene rings is 1. The van der Waals surface area contributed by atoms with E-state index >= 15 is 0 Å². The highest BCUT2D eigenvalue weighted by Gasteiger charge is 2.22. The monoisotopic (exact) mass is 689 g/mol. The Morgan fingerprint density at radius 3 is 1.67 bits per heavy atom. The van der Waals surface area contributed by atoms with Gasteiger partial charge in [-0.05, 0) is 36.8 Å². The van der Waals surface area contributed by atoms with E-state index in [-0.39, 0.29) is 0 Å². The van der Waals surface area contributed by atoms with Crippen LogP contribution in [-0.4, -0.2) is 40.9 Å². The first-order valence-electron chi connectivity index (χ1n) is 17.3. The summed E-state index contributed by atoms with van der Waals surface area (Å²) in [6, 6.07) is 8.19. The van der Waals surface area contributed by atoms with Crippen LogP contribution in [0.4, 0.5) is 0 Å². The minimum atomic E-state index is -2.48. The van der Waals surface area contributed by atoms with E-state index in [1.165, 1.54) is 132 Å². The zero-order valence-electron chi connectivity index (χ0n) is 27.1. The Hall–Kier alpha value is 0.340. The van der Waals surface area contributed by atoms with E-state index in [0.29, 0.717) is 24.7 Å². The zero-order valence-corrected chi connectivity index (χ0v) is 31.3. The lowest BCUT2D eigenvalue weighted by molar-refractivity contribution is 0.224. The molecule has 9 heteroatoms. The lowest BCUT2D eigenvalue weighted by Gasteiger charge is -2.23. The molecule has 0 saturated heterocycles. The standard InChI is InChI=1S/C34H60NO3PS4/c1-3-5-7-9-11-13-15-17-19-23-27-37-39(40,38-28-24-20-18-16-14-12-10-8-6-4-2)42-30-31(36)29-41-34-35-32-25-21-22-26-33(32)43-34/h21-22,25-26,31,36H,3-20,23-24,27-30H2,1-2H3. The van der Waals surface area contributed by atoms with E-state index in [1.54, 1.807) is 23.1 Å². The van der Waals surface area contributed by atoms with Crippen LogP contribution in [0.2, 0.25) is 0 Å². The van der Waals surface area contributed by atoms with Crippen LogP contribution < -0.4 is 0 Å². The van der Waals surface area contributed by atoms with Crippen LogP contribution in [0.15, 0.2) is 28.6 Å². The summed E-state index contributed by atoms with van der Waals surface area (Å²) >= 11 is 10.8. The Morgan fingerprint density at radius 2 is 1.19 bits per heavy atom. The number of hydrogen-bond donors (Lipinski definition) is 1. The fourth-order valence-corrected chi connectivity index (χ4v) is 11.5. The molecule has 1 aromatic heterocycles. The number of nitrogens with zero attached hydrogens (tertiary/aromatic N) is 1. The van der Waals surface area contributed by atoms with Gasteiger partial charge in [0.15, 0.2) is 4.34 Å². The number of hydrogen-bond acceptors (Lipinski definition) is 8. The molecule has 0 aliphatic rings. The molecule has 248 valence electrons. The van der Waals surface area contributed by atoms with Crippen LogP contribution in [0.3, 0.4) is 0 Å². The molecule has 43 heavy (non-hydrogen) atoms. The van der Waals surface area contributed by atoms with Crippen molar-refractivity contribution < 1.29 is 14.2 Å². The van der Waals surface area contributed by atoms with Crippen molar-refractivity contribution in [3.63, 3.8) is 0 Å². The second kappa shape index (κ2) is 26.4. The van der Waals surface area contributed by atoms with Gasteiger partial charge in [-0.2, -0.15) is 0 Å². The molecular weight excluding hydrogens is 630 g/mol. The number of aromatic nitrogens is 1. The molecule has 0 aliphatic carbocycles. The molecule has 0 radical (unpaired) electrons. The molecule has 0 saturated carbocycles. The molecule has 0 aliphatic heterocycles. The quantitative estimate of drug-likeness (QED) is 0.0498. The SMILES string of the molecule is CCCCCCCCCCCCOP(=S)(OCCCCCCCCCCCC)SCC(O)CSc1nc2ccccc2s1. The van der Waals surface area contributed by atoms with Crippen LogP contribution >= 0.6 is 40.2 Å². The van der Waals surface area contributed by atoms with Gasteiger partial charge in [-0.1, -0.05) is 165 Å². The van der Waals surface area contributed by atoms with E-state index < -0.39 is 11.8 Å². The maximum Gasteiger partial charge on any atom is 0.247 e. The molecule has 2 rings (SSSR count). The number of rotatable bonds is 30. The predicted molar refractivity (Wildman–Crippen MR) is 199 cm³/mol. The van der Waals surface area contributed by atoms with E-state index in [9.17, 15) is 5.11 Å². The van der Waals surface area contributed by atoms with Crippen LogP contribution in [0.25, 0.3) is 10.2 Å². The zero-order chi connectivity index (χ0) is 30.9. The molecule has 4 nitrogen and oxygen atoms in total. The molecule has 0 fully saturated rings. The number of aliphatic hydroxyl groups is 1. The Balaban J connectivity index is 1.67. The summed E-state index contributed by atoms with van der Waals surface area (Å²) in [5.74, 6) is 1.13. The van der Waals surface area contributed by atoms with Crippen LogP contribution in [0.1, 0.15) is 142 Å². The molecule has 1 N–H and O–H groups in total. The van der Waals surface area contributed by atoms with Gasteiger partial charge in [-0.3, -0.25) is 0 Å². The van der Waals surface area contributed by atoms with Crippen molar-refractivity contribution in [2.45, 2.75) is 153 Å². The molecule has 0 spiro atoms. The summed E-state index contributed by atoms with van der Waals surface area (Å²) in [7, 11) is 0. The summed E-state index contributed by atoms with van der Waals surface area (Å²) in [6.45, 7) is 5.87. The highest BCUT2D eigenvalue weighted by atomic mass is 32.9. The molecule has 1 unspecified atom stereocenters. The van der Waals surface area contributed by atoms with Crippen molar-refractivity contribution in [3.05, 3.63) is 24.3 Å². The van der Waals surface area contributed by atoms with Gasteiger partial charge in [-0.15, -0.1) is 11.3 Å². The molecule has 0 bridgehead atoms. The Labute approximate surface area is 281 Å². The number of aliphatic hydroxyl groups excluding tert-OH is 1. The summed E-state index contributed by atoms with van der Waals surface area (Å²) < 4.78 is 14.8. The smallest absolute Gasteiger partial charge is 0.247 e. The van der Waals surface area contributed by atoms with Crippen LogP contribution in [0.5, 0.6) is 0 Å². The third-order valence-corrected chi connectivity index (χ3v) is 15.4. The van der Waals surface area contributed by atoms with Crippen molar-refractivity contribution in [3.8, 4) is 0 Å². The molecule has 1 atom stereocenters. The van der Waals surface area contributed by atoms with Gasteiger partial charge in [0.1, 0.15) is 0 Å². The largest absolute Gasteiger partial charge is 0.391 e. The van der Waals surface area contributed by atoms with Crippen molar-refractivity contribution in [1.29, 1.82) is 0 Å². The first-order chi connectivity index (χ1) is 21.1. The average Bonchev–Trinajstić information content (AvgIpc) is 3.44. The molecule has 0 amide bonds. The number of fused-ring (bicyclic) bond motifs is 1. The van der Waals surface area contributed by atoms with Gasteiger partial charge < -0.3 is 14.2 Å². The highest BCUT2D eigenvalue weighted by Crippen LogP contribution is 2.61. The van der Waals surface area contributed by atoms with E-state index in [2.05, 4.69) is 24.9 Å². The first kappa shape index (κ1) is 39.5. The first-order valence-corrected chi connectivity index (χ1v) is 23.3. The maximum absolute atomic E-state index is 10.8. The maximum atomic E-state index is 10.8. The fraction of sp³-hybridized carbons (Fsp3) is 0.794. The van der Waals surface area contributed by atoms with Crippen molar-refractivity contribution in [2.75, 3.05) is 24.7 Å². The van der Waals surface area contributed by atoms with Crippen molar-refractivity contribution >= 4 is 62.2 Å². The van der Waals surface area contributed by atoms with Gasteiger partial charge in [0, 0.05) is 11.5 Å². The summed E-state index contributed by atoms with van der Waals surface area (Å²) in [6.07, 6.45) is 25.6. The molecular formula is C34H60NO3PS4. The van der Waals surface area contributed by atoms with Gasteiger partial charge in [0.05, 0.1) is 29.5 Å². The lowest BCUT2D eigenvalue weighted by Crippen LogP contribution is -2.13. The fourth-order valence-electron chi connectivity index (χ4n) is 4.95. The second-order valence-corrected chi connectivity index (χ2v) is 20.3. The Kier molecular flexibility index (Phi) is 24.3. The number of thioether (sulfide) groups is 1. The summed E-state index contributed by atoms with van der Waals surface area (Å²) in [4.78, 5) is 4.68. The number of unbranched alkanes of at least 4 members (excludes halogenated alkanes) is 18. The Bertz CT molecular complexity index is 913. The van der Waals surface area contributed by atoms with E-state index in [4.69, 9.17) is 20.9 Å². The Morgan fingerprint density at radius 1 is 0.721 bits per heavy atom. The minimum absolute atomic E-state index is 0.480. The predicted octanol–water partition coefficient (Wildman–Crippen LogP) is 12.6. The third-order valence-electron chi connectivity index (χ3n) is 7.59. The summed E-state index contributed by atoms with van der Waals surface area (Å²) in [5, 5.41) is 10.8. The molecule has 1 aromatic carbocycles. The van der Waals surface area contributed by atoms with Crippen molar-refractivity contribution in [1.82, 2.24) is 4.98 Å². The topological polar surface area (TPSA) is 51.6 Å². The van der Waals surface area contributed by atoms with E-state index in [1.807, 2.05) is 18.2 Å². The lowest BCUT2D eigenvalue weighted by atomic mass is 10.1. The highest BCUT2D eigenvalue weighted by molar-refractivity contribution is 8.67. The van der Waals surface area contributed by atoms with Gasteiger partial charge in [0.2, 0.25) is 5.69 Å². The third kappa shape index (κ3) is 20.2. The average molecular weight is 690 g/mol. The normalized spacial score (nSPS) is 12.8. The number of thiazole rings is 1. The molecule has 1 heterocycles. The van der Waals surface area contributed by atoms with Gasteiger partial charge in [-0.25, -0.2) is 4.98 Å². The number of para-hydroxylation sites is 1. The van der Waals surface area contributed by atoms with Crippen LogP contribution in [0, 0.1) is 0 Å². The second-order valence-electron chi connectivity index (χ2n) is 11.7. The summed E-state index contributed by atoms with van der Waals surface area (Å²) in [5.41, 5.74) is -1.46.